The number of nitrogens with one attached hydrogen (secondary N) is 1. The maximum absolute atomic E-state index is 12.5. The van der Waals surface area contributed by atoms with Crippen LogP contribution in [0.15, 0.2) is 0 Å². The van der Waals surface area contributed by atoms with Crippen molar-refractivity contribution in [1.29, 1.82) is 0 Å². The second kappa shape index (κ2) is 3.95. The van der Waals surface area contributed by atoms with Gasteiger partial charge < -0.3 is 15.0 Å². The average molecular weight is 238 g/mol. The lowest BCUT2D eigenvalue weighted by molar-refractivity contribution is -0.145. The molecule has 4 nitrogen and oxygen atoms in total. The Bertz CT molecular complexity index is 323. The van der Waals surface area contributed by atoms with Gasteiger partial charge in [-0.3, -0.25) is 4.79 Å². The zero-order valence-electron chi connectivity index (χ0n) is 10.7. The highest BCUT2D eigenvalue weighted by atomic mass is 16.5. The van der Waals surface area contributed by atoms with Crippen LogP contribution in [0.2, 0.25) is 0 Å². The van der Waals surface area contributed by atoms with Gasteiger partial charge in [0.25, 0.3) is 5.91 Å². The van der Waals surface area contributed by atoms with Crippen LogP contribution in [-0.2, 0) is 9.53 Å². The van der Waals surface area contributed by atoms with Gasteiger partial charge in [-0.1, -0.05) is 0 Å². The van der Waals surface area contributed by atoms with Crippen LogP contribution in [0.4, 0.5) is 0 Å². The van der Waals surface area contributed by atoms with Crippen LogP contribution in [0.1, 0.15) is 26.7 Å². The van der Waals surface area contributed by atoms with Gasteiger partial charge in [0.15, 0.2) is 0 Å². The summed E-state index contributed by atoms with van der Waals surface area (Å²) in [4.78, 5) is 14.6. The van der Waals surface area contributed by atoms with Gasteiger partial charge in [-0.2, -0.15) is 0 Å². The lowest BCUT2D eigenvalue weighted by Gasteiger charge is -2.36. The van der Waals surface area contributed by atoms with Gasteiger partial charge in [0.1, 0.15) is 6.10 Å². The first-order valence-corrected chi connectivity index (χ1v) is 6.74. The van der Waals surface area contributed by atoms with Crippen LogP contribution >= 0.6 is 0 Å². The largest absolute Gasteiger partial charge is 0.368 e. The van der Waals surface area contributed by atoms with Crippen LogP contribution in [0.5, 0.6) is 0 Å². The molecule has 0 spiro atoms. The quantitative estimate of drug-likeness (QED) is 0.728. The SMILES string of the molecule is CC1(C)C2CNCC2CN1C(=O)[C@@H]1CCCO1. The molecule has 3 fully saturated rings. The minimum Gasteiger partial charge on any atom is -0.368 e. The molecule has 3 aliphatic heterocycles. The molecule has 0 bridgehead atoms. The summed E-state index contributed by atoms with van der Waals surface area (Å²) in [6.07, 6.45) is 1.76. The van der Waals surface area contributed by atoms with Crippen molar-refractivity contribution < 1.29 is 9.53 Å². The fraction of sp³-hybridized carbons (Fsp3) is 0.923. The third-order valence-corrected chi connectivity index (χ3v) is 4.83. The highest BCUT2D eigenvalue weighted by molar-refractivity contribution is 5.82. The normalized spacial score (nSPS) is 39.6. The molecular formula is C13H22N2O2. The van der Waals surface area contributed by atoms with Gasteiger partial charge in [0.2, 0.25) is 0 Å². The fourth-order valence-corrected chi connectivity index (χ4v) is 3.74. The first kappa shape index (κ1) is 11.5. The molecule has 3 rings (SSSR count). The minimum absolute atomic E-state index is 0.0167. The molecule has 0 saturated carbocycles. The van der Waals surface area contributed by atoms with E-state index in [1.54, 1.807) is 0 Å². The van der Waals surface area contributed by atoms with Crippen molar-refractivity contribution in [3.8, 4) is 0 Å². The van der Waals surface area contributed by atoms with Crippen LogP contribution in [0.3, 0.4) is 0 Å². The number of hydrogen-bond donors (Lipinski definition) is 1. The number of carbonyl (C=O) groups excluding carboxylic acids is 1. The Labute approximate surface area is 103 Å². The predicted molar refractivity (Wildman–Crippen MR) is 64.6 cm³/mol. The van der Waals surface area contributed by atoms with Crippen LogP contribution in [0, 0.1) is 11.8 Å². The minimum atomic E-state index is -0.166. The van der Waals surface area contributed by atoms with Crippen LogP contribution < -0.4 is 5.32 Å². The maximum Gasteiger partial charge on any atom is 0.252 e. The van der Waals surface area contributed by atoms with Crippen LogP contribution in [0.25, 0.3) is 0 Å². The summed E-state index contributed by atoms with van der Waals surface area (Å²) in [6, 6.07) is 0. The number of rotatable bonds is 1. The van der Waals surface area contributed by atoms with E-state index in [1.165, 1.54) is 0 Å². The smallest absolute Gasteiger partial charge is 0.252 e. The maximum atomic E-state index is 12.5. The third-order valence-electron chi connectivity index (χ3n) is 4.83. The molecular weight excluding hydrogens is 216 g/mol. The molecule has 3 atom stereocenters. The third kappa shape index (κ3) is 1.69. The lowest BCUT2D eigenvalue weighted by Crippen LogP contribution is -2.51. The molecule has 96 valence electrons. The highest BCUT2D eigenvalue weighted by Crippen LogP contribution is 2.41. The molecule has 0 aromatic rings. The first-order chi connectivity index (χ1) is 8.10. The second-order valence-electron chi connectivity index (χ2n) is 6.13. The molecule has 4 heteroatoms. The Kier molecular flexibility index (Phi) is 2.67. The summed E-state index contributed by atoms with van der Waals surface area (Å²) in [6.45, 7) is 8.17. The molecule has 17 heavy (non-hydrogen) atoms. The summed E-state index contributed by atoms with van der Waals surface area (Å²) >= 11 is 0. The van der Waals surface area contributed by atoms with Crippen molar-refractivity contribution in [2.75, 3.05) is 26.2 Å². The van der Waals surface area contributed by atoms with E-state index in [4.69, 9.17) is 4.74 Å². The molecule has 1 amide bonds. The monoisotopic (exact) mass is 238 g/mol. The second-order valence-corrected chi connectivity index (χ2v) is 6.13. The summed E-state index contributed by atoms with van der Waals surface area (Å²) in [7, 11) is 0. The molecule has 0 aromatic carbocycles. The number of amides is 1. The van der Waals surface area contributed by atoms with Gasteiger partial charge in [-0.05, 0) is 38.5 Å². The Balaban J connectivity index is 1.77. The number of carbonyl (C=O) groups is 1. The zero-order valence-corrected chi connectivity index (χ0v) is 10.7. The predicted octanol–water partition coefficient (Wildman–Crippen LogP) is 0.622. The topological polar surface area (TPSA) is 41.6 Å². The van der Waals surface area contributed by atoms with Gasteiger partial charge in [-0.15, -0.1) is 0 Å². The molecule has 3 saturated heterocycles. The van der Waals surface area contributed by atoms with Crippen molar-refractivity contribution in [3.05, 3.63) is 0 Å². The molecule has 2 unspecified atom stereocenters. The highest BCUT2D eigenvalue weighted by Gasteiger charge is 2.52. The van der Waals surface area contributed by atoms with Crippen molar-refractivity contribution in [3.63, 3.8) is 0 Å². The lowest BCUT2D eigenvalue weighted by atomic mass is 9.84. The Hall–Kier alpha value is -0.610. The number of hydrogen-bond acceptors (Lipinski definition) is 3. The van der Waals surface area contributed by atoms with Crippen molar-refractivity contribution in [2.24, 2.45) is 11.8 Å². The summed E-state index contributed by atoms with van der Waals surface area (Å²) in [5, 5.41) is 3.44. The van der Waals surface area contributed by atoms with Gasteiger partial charge in [0.05, 0.1) is 0 Å². The molecule has 0 aliphatic carbocycles. The van der Waals surface area contributed by atoms with E-state index in [1.807, 2.05) is 0 Å². The van der Waals surface area contributed by atoms with E-state index in [0.29, 0.717) is 11.8 Å². The Morgan fingerprint density at radius 1 is 1.41 bits per heavy atom. The number of nitrogens with zero attached hydrogens (tertiary/aromatic N) is 1. The Morgan fingerprint density at radius 3 is 2.88 bits per heavy atom. The molecule has 3 aliphatic rings. The molecule has 1 N–H and O–H groups in total. The number of fused-ring (bicyclic) bond motifs is 1. The Morgan fingerprint density at radius 2 is 2.24 bits per heavy atom. The fourth-order valence-electron chi connectivity index (χ4n) is 3.74. The van der Waals surface area contributed by atoms with Gasteiger partial charge in [-0.25, -0.2) is 0 Å². The molecule has 0 radical (unpaired) electrons. The summed E-state index contributed by atoms with van der Waals surface area (Å²) in [5.74, 6) is 1.46. The van der Waals surface area contributed by atoms with E-state index in [0.717, 1.165) is 39.1 Å². The van der Waals surface area contributed by atoms with Crippen molar-refractivity contribution >= 4 is 5.91 Å². The van der Waals surface area contributed by atoms with Crippen molar-refractivity contribution in [1.82, 2.24) is 10.2 Å². The van der Waals surface area contributed by atoms with Gasteiger partial charge >= 0.3 is 0 Å². The van der Waals surface area contributed by atoms with E-state index >= 15 is 0 Å². The van der Waals surface area contributed by atoms with E-state index < -0.39 is 0 Å². The van der Waals surface area contributed by atoms with Gasteiger partial charge in [0, 0.05) is 31.8 Å². The zero-order chi connectivity index (χ0) is 12.0. The molecule has 0 aromatic heterocycles. The van der Waals surface area contributed by atoms with E-state index in [9.17, 15) is 4.79 Å². The summed E-state index contributed by atoms with van der Waals surface area (Å²) in [5.41, 5.74) is -0.0167. The van der Waals surface area contributed by atoms with Crippen molar-refractivity contribution in [2.45, 2.75) is 38.3 Å². The number of likely N-dealkylation sites (tertiary alicyclic amines) is 1. The number of ether oxygens (including phenoxy) is 1. The van der Waals surface area contributed by atoms with Crippen LogP contribution in [-0.4, -0.2) is 48.7 Å². The summed E-state index contributed by atoms with van der Waals surface area (Å²) < 4.78 is 5.54. The van der Waals surface area contributed by atoms with E-state index in [-0.39, 0.29) is 17.6 Å². The first-order valence-electron chi connectivity index (χ1n) is 6.74. The molecule has 3 heterocycles. The van der Waals surface area contributed by atoms with E-state index in [2.05, 4.69) is 24.1 Å². The standard InChI is InChI=1S/C13H22N2O2/c1-13(2)10-7-14-6-9(10)8-15(13)12(16)11-4-3-5-17-11/h9-11,14H,3-8H2,1-2H3/t9?,10?,11-/m0/s1. The average Bonchev–Trinajstić information content (AvgIpc) is 2.97.